The third kappa shape index (κ3) is 4.50. The van der Waals surface area contributed by atoms with Crippen LogP contribution >= 0.6 is 11.3 Å². The van der Waals surface area contributed by atoms with Crippen molar-refractivity contribution in [3.05, 3.63) is 40.1 Å². The molecular weight excluding hydrogens is 334 g/mol. The van der Waals surface area contributed by atoms with E-state index < -0.39 is 0 Å². The fourth-order valence-electron chi connectivity index (χ4n) is 3.50. The van der Waals surface area contributed by atoms with E-state index in [1.807, 2.05) is 28.6 Å². The SMILES string of the molecule is COCCCn1c(C)cnc1CC1CCN(C(=O)c2cccs2)CC1. The molecule has 0 saturated carbocycles. The number of imidazole rings is 1. The number of aryl methyl sites for hydroxylation is 1. The minimum absolute atomic E-state index is 0.186. The molecule has 136 valence electrons. The number of likely N-dealkylation sites (tertiary alicyclic amines) is 1. The maximum Gasteiger partial charge on any atom is 0.263 e. The summed E-state index contributed by atoms with van der Waals surface area (Å²) in [6.45, 7) is 5.56. The lowest BCUT2D eigenvalue weighted by Gasteiger charge is -2.31. The molecular formula is C19H27N3O2S. The van der Waals surface area contributed by atoms with Crippen molar-refractivity contribution in [3.63, 3.8) is 0 Å². The average molecular weight is 362 g/mol. The zero-order chi connectivity index (χ0) is 17.6. The number of aromatic nitrogens is 2. The third-order valence-corrected chi connectivity index (χ3v) is 5.83. The Balaban J connectivity index is 1.53. The summed E-state index contributed by atoms with van der Waals surface area (Å²) in [6.07, 6.45) is 6.09. The van der Waals surface area contributed by atoms with Crippen LogP contribution in [0.1, 0.15) is 40.5 Å². The molecule has 0 bridgehead atoms. The van der Waals surface area contributed by atoms with Crippen molar-refractivity contribution in [3.8, 4) is 0 Å². The summed E-state index contributed by atoms with van der Waals surface area (Å²) in [5.41, 5.74) is 1.22. The zero-order valence-electron chi connectivity index (χ0n) is 15.1. The zero-order valence-corrected chi connectivity index (χ0v) is 15.9. The van der Waals surface area contributed by atoms with E-state index in [-0.39, 0.29) is 5.91 Å². The van der Waals surface area contributed by atoms with Crippen LogP contribution in [0.5, 0.6) is 0 Å². The van der Waals surface area contributed by atoms with Gasteiger partial charge in [-0.1, -0.05) is 6.07 Å². The lowest BCUT2D eigenvalue weighted by atomic mass is 9.93. The van der Waals surface area contributed by atoms with Crippen LogP contribution in [0.15, 0.2) is 23.7 Å². The number of hydrogen-bond donors (Lipinski definition) is 0. The normalized spacial score (nSPS) is 15.7. The fourth-order valence-corrected chi connectivity index (χ4v) is 4.19. The van der Waals surface area contributed by atoms with Gasteiger partial charge < -0.3 is 14.2 Å². The maximum atomic E-state index is 12.4. The van der Waals surface area contributed by atoms with Crippen LogP contribution in [0.25, 0.3) is 0 Å². The monoisotopic (exact) mass is 361 g/mol. The molecule has 1 aliphatic rings. The molecule has 1 aliphatic heterocycles. The number of thiophene rings is 1. The van der Waals surface area contributed by atoms with Crippen LogP contribution in [0.2, 0.25) is 0 Å². The van der Waals surface area contributed by atoms with E-state index in [1.54, 1.807) is 7.11 Å². The summed E-state index contributed by atoms with van der Waals surface area (Å²) in [4.78, 5) is 19.9. The highest BCUT2D eigenvalue weighted by molar-refractivity contribution is 7.12. The van der Waals surface area contributed by atoms with E-state index >= 15 is 0 Å². The van der Waals surface area contributed by atoms with Gasteiger partial charge in [0, 0.05) is 51.7 Å². The Hall–Kier alpha value is -1.66. The number of amides is 1. The highest BCUT2D eigenvalue weighted by Crippen LogP contribution is 2.24. The first-order chi connectivity index (χ1) is 12.2. The van der Waals surface area contributed by atoms with Gasteiger partial charge in [-0.3, -0.25) is 4.79 Å². The van der Waals surface area contributed by atoms with E-state index in [0.29, 0.717) is 5.92 Å². The predicted molar refractivity (Wildman–Crippen MR) is 100 cm³/mol. The molecule has 3 heterocycles. The van der Waals surface area contributed by atoms with Crippen molar-refractivity contribution in [1.82, 2.24) is 14.5 Å². The number of ether oxygens (including phenoxy) is 1. The molecule has 1 saturated heterocycles. The summed E-state index contributed by atoms with van der Waals surface area (Å²) in [5, 5.41) is 1.96. The van der Waals surface area contributed by atoms with Crippen molar-refractivity contribution in [1.29, 1.82) is 0 Å². The Labute approximate surface area is 153 Å². The second-order valence-electron chi connectivity index (χ2n) is 6.73. The van der Waals surface area contributed by atoms with Gasteiger partial charge in [-0.15, -0.1) is 11.3 Å². The smallest absolute Gasteiger partial charge is 0.263 e. The summed E-state index contributed by atoms with van der Waals surface area (Å²) < 4.78 is 7.49. The number of piperidine rings is 1. The number of rotatable bonds is 7. The Morgan fingerprint density at radius 2 is 2.20 bits per heavy atom. The number of carbonyl (C=O) groups is 1. The lowest BCUT2D eigenvalue weighted by Crippen LogP contribution is -2.38. The third-order valence-electron chi connectivity index (χ3n) is 4.97. The van der Waals surface area contributed by atoms with Gasteiger partial charge in [-0.25, -0.2) is 4.98 Å². The molecule has 2 aromatic heterocycles. The van der Waals surface area contributed by atoms with Gasteiger partial charge >= 0.3 is 0 Å². The molecule has 0 atom stereocenters. The molecule has 25 heavy (non-hydrogen) atoms. The number of methoxy groups -OCH3 is 1. The second-order valence-corrected chi connectivity index (χ2v) is 7.68. The molecule has 6 heteroatoms. The average Bonchev–Trinajstić information content (AvgIpc) is 3.27. The van der Waals surface area contributed by atoms with Crippen molar-refractivity contribution in [2.75, 3.05) is 26.8 Å². The minimum Gasteiger partial charge on any atom is -0.385 e. The molecule has 5 nitrogen and oxygen atoms in total. The van der Waals surface area contributed by atoms with Gasteiger partial charge in [0.25, 0.3) is 5.91 Å². The minimum atomic E-state index is 0.186. The molecule has 1 fully saturated rings. The quantitative estimate of drug-likeness (QED) is 0.710. The number of carbonyl (C=O) groups excluding carboxylic acids is 1. The van der Waals surface area contributed by atoms with Gasteiger partial charge in [0.05, 0.1) is 4.88 Å². The first kappa shape index (κ1) is 18.1. The van der Waals surface area contributed by atoms with Crippen LogP contribution < -0.4 is 0 Å². The van der Waals surface area contributed by atoms with Gasteiger partial charge in [-0.2, -0.15) is 0 Å². The van der Waals surface area contributed by atoms with Crippen molar-refractivity contribution < 1.29 is 9.53 Å². The summed E-state index contributed by atoms with van der Waals surface area (Å²) in [6, 6.07) is 3.86. The molecule has 0 aromatic carbocycles. The number of nitrogens with zero attached hydrogens (tertiary/aromatic N) is 3. The molecule has 3 rings (SSSR count). The van der Waals surface area contributed by atoms with E-state index in [4.69, 9.17) is 4.74 Å². The van der Waals surface area contributed by atoms with E-state index in [1.165, 1.54) is 22.9 Å². The van der Waals surface area contributed by atoms with Crippen molar-refractivity contribution >= 4 is 17.2 Å². The van der Waals surface area contributed by atoms with Gasteiger partial charge in [0.15, 0.2) is 0 Å². The Kier molecular flexibility index (Phi) is 6.26. The standard InChI is InChI=1S/C19H27N3O2S/c1-15-14-20-18(22(15)8-4-11-24-2)13-16-6-9-21(10-7-16)19(23)17-5-3-12-25-17/h3,5,12,14,16H,4,6-11,13H2,1-2H3. The topological polar surface area (TPSA) is 47.4 Å². The van der Waals surface area contributed by atoms with Crippen LogP contribution in [-0.2, 0) is 17.7 Å². The van der Waals surface area contributed by atoms with Gasteiger partial charge in [0.2, 0.25) is 0 Å². The first-order valence-corrected chi connectivity index (χ1v) is 9.89. The molecule has 1 amide bonds. The Morgan fingerprint density at radius 3 is 2.88 bits per heavy atom. The molecule has 0 N–H and O–H groups in total. The maximum absolute atomic E-state index is 12.4. The fraction of sp³-hybridized carbons (Fsp3) is 0.579. The summed E-state index contributed by atoms with van der Waals surface area (Å²) in [5.74, 6) is 1.97. The summed E-state index contributed by atoms with van der Waals surface area (Å²) in [7, 11) is 1.74. The lowest BCUT2D eigenvalue weighted by molar-refractivity contribution is 0.0694. The molecule has 0 radical (unpaired) electrons. The van der Waals surface area contributed by atoms with E-state index in [0.717, 1.165) is 56.8 Å². The number of hydrogen-bond acceptors (Lipinski definition) is 4. The van der Waals surface area contributed by atoms with E-state index in [9.17, 15) is 4.79 Å². The molecule has 0 aliphatic carbocycles. The molecule has 2 aromatic rings. The Bertz CT molecular complexity index is 673. The predicted octanol–water partition coefficient (Wildman–Crippen LogP) is 3.38. The largest absolute Gasteiger partial charge is 0.385 e. The highest BCUT2D eigenvalue weighted by atomic mass is 32.1. The van der Waals surface area contributed by atoms with Crippen LogP contribution in [0.4, 0.5) is 0 Å². The van der Waals surface area contributed by atoms with Crippen LogP contribution in [0.3, 0.4) is 0 Å². The van der Waals surface area contributed by atoms with Crippen molar-refractivity contribution in [2.24, 2.45) is 5.92 Å². The van der Waals surface area contributed by atoms with Gasteiger partial charge in [-0.05, 0) is 43.6 Å². The molecule has 0 unspecified atom stereocenters. The highest BCUT2D eigenvalue weighted by Gasteiger charge is 2.25. The van der Waals surface area contributed by atoms with E-state index in [2.05, 4.69) is 16.5 Å². The van der Waals surface area contributed by atoms with Crippen LogP contribution in [-0.4, -0.2) is 47.2 Å². The Morgan fingerprint density at radius 1 is 1.40 bits per heavy atom. The second kappa shape index (κ2) is 8.63. The first-order valence-electron chi connectivity index (χ1n) is 9.01. The van der Waals surface area contributed by atoms with Gasteiger partial charge in [0.1, 0.15) is 5.82 Å². The van der Waals surface area contributed by atoms with Crippen LogP contribution in [0, 0.1) is 12.8 Å². The summed E-state index contributed by atoms with van der Waals surface area (Å²) >= 11 is 1.53. The molecule has 0 spiro atoms. The van der Waals surface area contributed by atoms with Crippen molar-refractivity contribution in [2.45, 2.75) is 39.2 Å².